The van der Waals surface area contributed by atoms with Crippen LogP contribution in [0.15, 0.2) is 0 Å². The van der Waals surface area contributed by atoms with Gasteiger partial charge in [0.1, 0.15) is 0 Å². The van der Waals surface area contributed by atoms with Gasteiger partial charge in [0.05, 0.1) is 6.54 Å². The lowest BCUT2D eigenvalue weighted by Gasteiger charge is -2.00. The van der Waals surface area contributed by atoms with Gasteiger partial charge in [-0.15, -0.1) is 0 Å². The molecule has 1 N–H and O–H groups in total. The number of nitrogens with zero attached hydrogens (tertiary/aromatic N) is 1. The molecule has 0 rings (SSSR count). The maximum atomic E-state index is 2.95. The van der Waals surface area contributed by atoms with E-state index in [9.17, 15) is 0 Å². The Bertz CT molecular complexity index is 108. The predicted octanol–water partition coefficient (Wildman–Crippen LogP) is 0.118. The summed E-state index contributed by atoms with van der Waals surface area (Å²) in [6, 6.07) is 2.82. The van der Waals surface area contributed by atoms with Gasteiger partial charge < -0.3 is 5.32 Å². The first-order valence-electron chi connectivity index (χ1n) is 3.12. The highest BCUT2D eigenvalue weighted by atomic mass is 15.0. The monoisotopic (exact) mass is 126 g/mol. The van der Waals surface area contributed by atoms with Crippen molar-refractivity contribution >= 4 is 0 Å². The molecule has 0 atom stereocenters. The van der Waals surface area contributed by atoms with Gasteiger partial charge in [0.2, 0.25) is 0 Å². The van der Waals surface area contributed by atoms with Crippen LogP contribution in [0.2, 0.25) is 0 Å². The Morgan fingerprint density at radius 2 is 2.11 bits per heavy atom. The summed E-state index contributed by atoms with van der Waals surface area (Å²) in [7, 11) is 4.00. The molecule has 0 saturated heterocycles. The summed E-state index contributed by atoms with van der Waals surface area (Å²) in [4.78, 5) is 2.03. The molecular weight excluding hydrogens is 112 g/mol. The van der Waals surface area contributed by atoms with Crippen LogP contribution in [0.25, 0.3) is 0 Å². The van der Waals surface area contributed by atoms with Crippen molar-refractivity contribution in [2.45, 2.75) is 6.92 Å². The number of hydrogen-bond donors (Lipinski definition) is 1. The molecular formula is C7H14N2. The highest BCUT2D eigenvalue weighted by molar-refractivity contribution is 4.98. The minimum Gasteiger partial charge on any atom is -0.346 e. The van der Waals surface area contributed by atoms with Crippen LogP contribution in [0.5, 0.6) is 0 Å². The van der Waals surface area contributed by atoms with E-state index in [-0.39, 0.29) is 0 Å². The van der Waals surface area contributed by atoms with Gasteiger partial charge in [-0.25, -0.2) is 0 Å². The molecule has 0 radical (unpaired) electrons. The van der Waals surface area contributed by atoms with Crippen LogP contribution in [-0.2, 0) is 0 Å². The SMILES string of the molecule is CCNC#CCN(C)C. The average molecular weight is 126 g/mol. The molecule has 0 spiro atoms. The third kappa shape index (κ3) is 7.32. The Hall–Kier alpha value is -0.680. The number of hydrogen-bond acceptors (Lipinski definition) is 2. The Balaban J connectivity index is 3.16. The Kier molecular flexibility index (Phi) is 5.04. The summed E-state index contributed by atoms with van der Waals surface area (Å²) in [6.07, 6.45) is 0. The quantitative estimate of drug-likeness (QED) is 0.417. The van der Waals surface area contributed by atoms with Crippen LogP contribution in [-0.4, -0.2) is 32.1 Å². The molecule has 0 aliphatic heterocycles. The van der Waals surface area contributed by atoms with E-state index in [2.05, 4.69) is 17.3 Å². The highest BCUT2D eigenvalue weighted by Gasteiger charge is 1.78. The normalized spacial score (nSPS) is 8.44. The zero-order valence-electron chi connectivity index (χ0n) is 6.36. The molecule has 2 nitrogen and oxygen atoms in total. The molecule has 0 aliphatic carbocycles. The van der Waals surface area contributed by atoms with E-state index in [0.29, 0.717) is 0 Å². The molecule has 0 aromatic heterocycles. The zero-order chi connectivity index (χ0) is 7.11. The minimum atomic E-state index is 0.826. The molecule has 9 heavy (non-hydrogen) atoms. The standard InChI is InChI=1S/C7H14N2/c1-4-8-6-5-7-9(2)3/h8H,4,7H2,1-3H3. The Morgan fingerprint density at radius 1 is 1.44 bits per heavy atom. The highest BCUT2D eigenvalue weighted by Crippen LogP contribution is 1.66. The molecule has 0 unspecified atom stereocenters. The fourth-order valence-corrected chi connectivity index (χ4v) is 0.349. The van der Waals surface area contributed by atoms with Gasteiger partial charge in [0, 0.05) is 12.6 Å². The lowest BCUT2D eigenvalue weighted by molar-refractivity contribution is 0.463. The van der Waals surface area contributed by atoms with E-state index in [1.54, 1.807) is 0 Å². The van der Waals surface area contributed by atoms with Crippen molar-refractivity contribution in [3.05, 3.63) is 0 Å². The van der Waals surface area contributed by atoms with Gasteiger partial charge >= 0.3 is 0 Å². The molecule has 0 aliphatic rings. The predicted molar refractivity (Wildman–Crippen MR) is 40.0 cm³/mol. The second kappa shape index (κ2) is 5.46. The topological polar surface area (TPSA) is 15.3 Å². The van der Waals surface area contributed by atoms with Crippen LogP contribution < -0.4 is 5.32 Å². The van der Waals surface area contributed by atoms with Crippen LogP contribution in [0, 0.1) is 12.0 Å². The summed E-state index contributed by atoms with van der Waals surface area (Å²) in [5, 5.41) is 2.92. The van der Waals surface area contributed by atoms with Crippen LogP contribution >= 0.6 is 0 Å². The summed E-state index contributed by atoms with van der Waals surface area (Å²) in [5.41, 5.74) is 0. The van der Waals surface area contributed by atoms with Crippen molar-refractivity contribution in [3.8, 4) is 12.0 Å². The Labute approximate surface area is 57.2 Å². The first-order valence-corrected chi connectivity index (χ1v) is 3.12. The molecule has 0 fully saturated rings. The van der Waals surface area contributed by atoms with Crippen LogP contribution in [0.1, 0.15) is 6.92 Å². The van der Waals surface area contributed by atoms with Gasteiger partial charge in [-0.05, 0) is 21.0 Å². The number of nitrogens with one attached hydrogen (secondary N) is 1. The summed E-state index contributed by atoms with van der Waals surface area (Å²) >= 11 is 0. The third-order valence-corrected chi connectivity index (χ3v) is 0.749. The van der Waals surface area contributed by atoms with Gasteiger partial charge in [-0.3, -0.25) is 4.90 Å². The van der Waals surface area contributed by atoms with E-state index in [1.165, 1.54) is 0 Å². The maximum Gasteiger partial charge on any atom is 0.0615 e. The first-order chi connectivity index (χ1) is 4.27. The summed E-state index contributed by atoms with van der Waals surface area (Å²) in [6.45, 7) is 3.78. The molecule has 0 bridgehead atoms. The van der Waals surface area contributed by atoms with E-state index in [4.69, 9.17) is 0 Å². The lowest BCUT2D eigenvalue weighted by Crippen LogP contribution is -2.12. The Morgan fingerprint density at radius 3 is 2.56 bits per heavy atom. The zero-order valence-corrected chi connectivity index (χ0v) is 6.36. The minimum absolute atomic E-state index is 0.826. The molecule has 52 valence electrons. The van der Waals surface area contributed by atoms with Crippen molar-refractivity contribution in [1.29, 1.82) is 0 Å². The summed E-state index contributed by atoms with van der Waals surface area (Å²) < 4.78 is 0. The molecule has 0 heterocycles. The van der Waals surface area contributed by atoms with Crippen LogP contribution in [0.3, 0.4) is 0 Å². The fraction of sp³-hybridized carbons (Fsp3) is 0.714. The molecule has 0 saturated carbocycles. The van der Waals surface area contributed by atoms with Crippen molar-refractivity contribution in [3.63, 3.8) is 0 Å². The third-order valence-electron chi connectivity index (χ3n) is 0.749. The molecule has 0 amide bonds. The maximum absolute atomic E-state index is 2.95. The van der Waals surface area contributed by atoms with Gasteiger partial charge in [0.15, 0.2) is 0 Å². The van der Waals surface area contributed by atoms with Gasteiger partial charge in [-0.1, -0.05) is 5.92 Å². The molecule has 0 aromatic rings. The smallest absolute Gasteiger partial charge is 0.0615 e. The second-order valence-electron chi connectivity index (χ2n) is 2.07. The average Bonchev–Trinajstić information content (AvgIpc) is 1.80. The first kappa shape index (κ1) is 8.32. The van der Waals surface area contributed by atoms with E-state index >= 15 is 0 Å². The number of rotatable bonds is 2. The summed E-state index contributed by atoms with van der Waals surface area (Å²) in [5.74, 6) is 2.95. The fourth-order valence-electron chi connectivity index (χ4n) is 0.349. The lowest BCUT2D eigenvalue weighted by atomic mass is 10.6. The largest absolute Gasteiger partial charge is 0.346 e. The van der Waals surface area contributed by atoms with Crippen molar-refractivity contribution in [2.75, 3.05) is 27.2 Å². The van der Waals surface area contributed by atoms with Gasteiger partial charge in [0.25, 0.3) is 0 Å². The van der Waals surface area contributed by atoms with Crippen molar-refractivity contribution in [1.82, 2.24) is 10.2 Å². The van der Waals surface area contributed by atoms with Gasteiger partial charge in [-0.2, -0.15) is 0 Å². The van der Waals surface area contributed by atoms with Crippen molar-refractivity contribution in [2.24, 2.45) is 0 Å². The second-order valence-corrected chi connectivity index (χ2v) is 2.07. The molecule has 0 aromatic carbocycles. The van der Waals surface area contributed by atoms with Crippen LogP contribution in [0.4, 0.5) is 0 Å². The van der Waals surface area contributed by atoms with E-state index < -0.39 is 0 Å². The van der Waals surface area contributed by atoms with Crippen molar-refractivity contribution < 1.29 is 0 Å². The van der Waals surface area contributed by atoms with E-state index in [1.807, 2.05) is 25.9 Å². The molecule has 2 heteroatoms. The van der Waals surface area contributed by atoms with E-state index in [0.717, 1.165) is 13.1 Å².